The minimum absolute atomic E-state index is 0.138. The van der Waals surface area contributed by atoms with Crippen molar-refractivity contribution >= 4 is 0 Å². The van der Waals surface area contributed by atoms with E-state index >= 15 is 0 Å². The Labute approximate surface area is 120 Å². The Balaban J connectivity index is 1.78. The van der Waals surface area contributed by atoms with Gasteiger partial charge in [0, 0.05) is 0 Å². The predicted octanol–water partition coefficient (Wildman–Crippen LogP) is 3.65. The van der Waals surface area contributed by atoms with Crippen LogP contribution in [0.2, 0.25) is 0 Å². The van der Waals surface area contributed by atoms with Crippen LogP contribution >= 0.6 is 0 Å². The predicted molar refractivity (Wildman–Crippen MR) is 78.5 cm³/mol. The van der Waals surface area contributed by atoms with Gasteiger partial charge in [-0.25, -0.2) is 0 Å². The van der Waals surface area contributed by atoms with Crippen molar-refractivity contribution in [3.05, 3.63) is 23.8 Å². The second-order valence-electron chi connectivity index (χ2n) is 6.10. The van der Waals surface area contributed by atoms with Gasteiger partial charge in [-0.2, -0.15) is 0 Å². The highest BCUT2D eigenvalue weighted by atomic mass is 16.5. The fraction of sp³-hybridized carbons (Fsp3) is 0.647. The van der Waals surface area contributed by atoms with E-state index in [1.807, 2.05) is 6.07 Å². The minimum atomic E-state index is -0.138. The van der Waals surface area contributed by atoms with E-state index in [1.54, 1.807) is 7.11 Å². The molecule has 0 amide bonds. The highest BCUT2D eigenvalue weighted by Gasteiger charge is 2.25. The lowest BCUT2D eigenvalue weighted by Gasteiger charge is -2.18. The maximum Gasteiger partial charge on any atom is 0.161 e. The van der Waals surface area contributed by atoms with Crippen molar-refractivity contribution in [2.45, 2.75) is 63.1 Å². The van der Waals surface area contributed by atoms with E-state index in [0.29, 0.717) is 12.0 Å². The summed E-state index contributed by atoms with van der Waals surface area (Å²) >= 11 is 0. The van der Waals surface area contributed by atoms with Crippen LogP contribution in [0.15, 0.2) is 18.2 Å². The van der Waals surface area contributed by atoms with Gasteiger partial charge in [0.25, 0.3) is 0 Å². The van der Waals surface area contributed by atoms with Gasteiger partial charge < -0.3 is 14.6 Å². The molecule has 1 aromatic carbocycles. The molecule has 20 heavy (non-hydrogen) atoms. The average Bonchev–Trinajstić information content (AvgIpc) is 3.10. The minimum Gasteiger partial charge on any atom is -0.493 e. The standard InChI is InChI=1S/C17H24O3/c1-19-16-9-7-13(12-6-8-14(18)10-12)11-17(16)20-15-4-2-3-5-15/h7,9,11-12,14-15,18H,2-6,8,10H2,1H3/t12-,14+/m1/s1. The van der Waals surface area contributed by atoms with E-state index in [-0.39, 0.29) is 6.10 Å². The summed E-state index contributed by atoms with van der Waals surface area (Å²) in [4.78, 5) is 0. The van der Waals surface area contributed by atoms with Gasteiger partial charge >= 0.3 is 0 Å². The number of hydrogen-bond acceptors (Lipinski definition) is 3. The molecule has 110 valence electrons. The first-order valence-corrected chi connectivity index (χ1v) is 7.79. The molecule has 2 fully saturated rings. The molecule has 2 aliphatic carbocycles. The Morgan fingerprint density at radius 2 is 1.85 bits per heavy atom. The third kappa shape index (κ3) is 2.93. The number of ether oxygens (including phenoxy) is 2. The van der Waals surface area contributed by atoms with Gasteiger partial charge in [-0.15, -0.1) is 0 Å². The SMILES string of the molecule is COc1ccc([C@@H]2CC[C@H](O)C2)cc1OC1CCCC1. The van der Waals surface area contributed by atoms with Gasteiger partial charge in [0.15, 0.2) is 11.5 Å². The second-order valence-corrected chi connectivity index (χ2v) is 6.10. The maximum absolute atomic E-state index is 9.70. The number of rotatable bonds is 4. The fourth-order valence-electron chi connectivity index (χ4n) is 3.49. The number of aliphatic hydroxyl groups excluding tert-OH is 1. The van der Waals surface area contributed by atoms with E-state index in [1.165, 1.54) is 18.4 Å². The number of hydrogen-bond donors (Lipinski definition) is 1. The van der Waals surface area contributed by atoms with Crippen LogP contribution in [0, 0.1) is 0 Å². The molecule has 2 saturated carbocycles. The van der Waals surface area contributed by atoms with Crippen LogP contribution in [-0.4, -0.2) is 24.4 Å². The first-order valence-electron chi connectivity index (χ1n) is 7.79. The average molecular weight is 276 g/mol. The molecule has 0 aromatic heterocycles. The molecule has 0 radical (unpaired) electrons. The Kier molecular flexibility index (Phi) is 4.16. The van der Waals surface area contributed by atoms with E-state index in [9.17, 15) is 5.11 Å². The maximum atomic E-state index is 9.70. The van der Waals surface area contributed by atoms with Crippen molar-refractivity contribution in [1.82, 2.24) is 0 Å². The van der Waals surface area contributed by atoms with Crippen LogP contribution in [0.3, 0.4) is 0 Å². The summed E-state index contributed by atoms with van der Waals surface area (Å²) in [7, 11) is 1.69. The summed E-state index contributed by atoms with van der Waals surface area (Å²) in [5.41, 5.74) is 1.27. The summed E-state index contributed by atoms with van der Waals surface area (Å²) in [5, 5.41) is 9.70. The van der Waals surface area contributed by atoms with Gasteiger partial charge in [0.05, 0.1) is 19.3 Å². The quantitative estimate of drug-likeness (QED) is 0.912. The van der Waals surface area contributed by atoms with E-state index < -0.39 is 0 Å². The van der Waals surface area contributed by atoms with Crippen LogP contribution < -0.4 is 9.47 Å². The molecule has 3 rings (SSSR count). The zero-order valence-corrected chi connectivity index (χ0v) is 12.2. The highest BCUT2D eigenvalue weighted by molar-refractivity contribution is 5.44. The third-order valence-corrected chi connectivity index (χ3v) is 4.66. The van der Waals surface area contributed by atoms with Crippen LogP contribution in [-0.2, 0) is 0 Å². The normalized spacial score (nSPS) is 26.9. The monoisotopic (exact) mass is 276 g/mol. The Bertz CT molecular complexity index is 452. The summed E-state index contributed by atoms with van der Waals surface area (Å²) in [5.74, 6) is 2.15. The molecule has 2 aliphatic rings. The summed E-state index contributed by atoms with van der Waals surface area (Å²) < 4.78 is 11.6. The highest BCUT2D eigenvalue weighted by Crippen LogP contribution is 2.39. The van der Waals surface area contributed by atoms with Crippen molar-refractivity contribution in [3.63, 3.8) is 0 Å². The zero-order valence-electron chi connectivity index (χ0n) is 12.2. The number of methoxy groups -OCH3 is 1. The van der Waals surface area contributed by atoms with Gasteiger partial charge in [-0.1, -0.05) is 6.07 Å². The smallest absolute Gasteiger partial charge is 0.161 e. The molecule has 0 saturated heterocycles. The first kappa shape index (κ1) is 13.7. The summed E-state index contributed by atoms with van der Waals surface area (Å²) in [6.45, 7) is 0. The molecule has 2 atom stereocenters. The molecule has 3 heteroatoms. The van der Waals surface area contributed by atoms with Crippen molar-refractivity contribution in [3.8, 4) is 11.5 Å². The molecule has 0 bridgehead atoms. The lowest BCUT2D eigenvalue weighted by Crippen LogP contribution is -2.12. The van der Waals surface area contributed by atoms with E-state index in [0.717, 1.165) is 43.6 Å². The molecule has 3 nitrogen and oxygen atoms in total. The number of aliphatic hydroxyl groups is 1. The molecule has 1 N–H and O–H groups in total. The van der Waals surface area contributed by atoms with E-state index in [2.05, 4.69) is 12.1 Å². The largest absolute Gasteiger partial charge is 0.493 e. The number of benzene rings is 1. The van der Waals surface area contributed by atoms with E-state index in [4.69, 9.17) is 9.47 Å². The van der Waals surface area contributed by atoms with Crippen LogP contribution in [0.25, 0.3) is 0 Å². The van der Waals surface area contributed by atoms with Gasteiger partial charge in [-0.3, -0.25) is 0 Å². The van der Waals surface area contributed by atoms with Crippen molar-refractivity contribution in [2.75, 3.05) is 7.11 Å². The second kappa shape index (κ2) is 6.04. The van der Waals surface area contributed by atoms with Crippen LogP contribution in [0.5, 0.6) is 11.5 Å². The summed E-state index contributed by atoms with van der Waals surface area (Å²) in [6.07, 6.45) is 7.88. The van der Waals surface area contributed by atoms with Crippen molar-refractivity contribution in [1.29, 1.82) is 0 Å². The van der Waals surface area contributed by atoms with Crippen molar-refractivity contribution in [2.24, 2.45) is 0 Å². The van der Waals surface area contributed by atoms with Crippen molar-refractivity contribution < 1.29 is 14.6 Å². The fourth-order valence-corrected chi connectivity index (χ4v) is 3.49. The molecular formula is C17H24O3. The van der Waals surface area contributed by atoms with Gasteiger partial charge in [0.1, 0.15) is 0 Å². The lowest BCUT2D eigenvalue weighted by molar-refractivity contribution is 0.181. The van der Waals surface area contributed by atoms with Gasteiger partial charge in [0.2, 0.25) is 0 Å². The van der Waals surface area contributed by atoms with Gasteiger partial charge in [-0.05, 0) is 68.6 Å². The molecule has 0 unspecified atom stereocenters. The topological polar surface area (TPSA) is 38.7 Å². The molecule has 0 aliphatic heterocycles. The Morgan fingerprint density at radius 1 is 1.05 bits per heavy atom. The molecular weight excluding hydrogens is 252 g/mol. The summed E-state index contributed by atoms with van der Waals surface area (Å²) in [6, 6.07) is 6.24. The van der Waals surface area contributed by atoms with Crippen LogP contribution in [0.4, 0.5) is 0 Å². The Morgan fingerprint density at radius 3 is 2.50 bits per heavy atom. The lowest BCUT2D eigenvalue weighted by atomic mass is 9.97. The van der Waals surface area contributed by atoms with Crippen LogP contribution in [0.1, 0.15) is 56.4 Å². The first-order chi connectivity index (χ1) is 9.76. The molecule has 1 aromatic rings. The molecule has 0 spiro atoms. The zero-order chi connectivity index (χ0) is 13.9. The molecule has 0 heterocycles. The third-order valence-electron chi connectivity index (χ3n) is 4.66. The Hall–Kier alpha value is -1.22.